The highest BCUT2D eigenvalue weighted by Gasteiger charge is 2.54. The van der Waals surface area contributed by atoms with Gasteiger partial charge in [0.1, 0.15) is 0 Å². The van der Waals surface area contributed by atoms with Crippen molar-refractivity contribution >= 4 is 11.9 Å². The van der Waals surface area contributed by atoms with Gasteiger partial charge in [-0.05, 0) is 0 Å². The Hall–Kier alpha value is -1.10. The molecular weight excluding hydrogens is 150 g/mol. The number of ether oxygens (including phenoxy) is 1. The van der Waals surface area contributed by atoms with Crippen molar-refractivity contribution in [2.45, 2.75) is 18.4 Å². The molecule has 0 saturated heterocycles. The van der Waals surface area contributed by atoms with Crippen LogP contribution in [0.5, 0.6) is 0 Å². The molecule has 62 valence electrons. The molecule has 1 aliphatic carbocycles. The van der Waals surface area contributed by atoms with Crippen LogP contribution in [0.3, 0.4) is 0 Å². The SMILES string of the molecule is NCC(=O)OC1(C(=O)O)CC1. The van der Waals surface area contributed by atoms with E-state index in [1.165, 1.54) is 0 Å². The van der Waals surface area contributed by atoms with E-state index in [0.717, 1.165) is 0 Å². The Bertz CT molecular complexity index is 197. The molecule has 0 aromatic heterocycles. The van der Waals surface area contributed by atoms with Crippen molar-refractivity contribution in [1.82, 2.24) is 0 Å². The third-order valence-electron chi connectivity index (χ3n) is 1.57. The molecule has 0 unspecified atom stereocenters. The van der Waals surface area contributed by atoms with E-state index in [4.69, 9.17) is 10.8 Å². The van der Waals surface area contributed by atoms with Gasteiger partial charge in [-0.15, -0.1) is 0 Å². The fourth-order valence-corrected chi connectivity index (χ4v) is 0.733. The Labute approximate surface area is 63.1 Å². The number of carboxylic acids is 1. The molecule has 1 saturated carbocycles. The van der Waals surface area contributed by atoms with Gasteiger partial charge in [0.2, 0.25) is 5.60 Å². The highest BCUT2D eigenvalue weighted by Crippen LogP contribution is 2.39. The second-order valence-electron chi connectivity index (χ2n) is 2.48. The molecule has 0 atom stereocenters. The molecule has 11 heavy (non-hydrogen) atoms. The van der Waals surface area contributed by atoms with Crippen LogP contribution in [0.4, 0.5) is 0 Å². The molecule has 5 heteroatoms. The molecule has 0 aromatic rings. The lowest BCUT2D eigenvalue weighted by Gasteiger charge is -2.09. The highest BCUT2D eigenvalue weighted by atomic mass is 16.6. The van der Waals surface area contributed by atoms with Crippen molar-refractivity contribution in [3.05, 3.63) is 0 Å². The zero-order valence-corrected chi connectivity index (χ0v) is 5.87. The van der Waals surface area contributed by atoms with Gasteiger partial charge in [-0.2, -0.15) is 0 Å². The standard InChI is InChI=1S/C6H9NO4/c7-3-4(8)11-6(1-2-6)5(9)10/h1-3,7H2,(H,9,10). The quantitative estimate of drug-likeness (QED) is 0.521. The normalized spacial score (nSPS) is 19.0. The largest absolute Gasteiger partial charge is 0.478 e. The Balaban J connectivity index is 2.48. The van der Waals surface area contributed by atoms with Gasteiger partial charge in [0.25, 0.3) is 0 Å². The minimum Gasteiger partial charge on any atom is -0.478 e. The van der Waals surface area contributed by atoms with E-state index in [9.17, 15) is 9.59 Å². The summed E-state index contributed by atoms with van der Waals surface area (Å²) in [6.45, 7) is -0.269. The third-order valence-corrected chi connectivity index (χ3v) is 1.57. The molecule has 0 radical (unpaired) electrons. The molecule has 0 spiro atoms. The van der Waals surface area contributed by atoms with Gasteiger partial charge < -0.3 is 15.6 Å². The molecule has 1 aliphatic rings. The fourth-order valence-electron chi connectivity index (χ4n) is 0.733. The number of hydrogen-bond donors (Lipinski definition) is 2. The Morgan fingerprint density at radius 3 is 2.36 bits per heavy atom. The molecule has 3 N–H and O–H groups in total. The maximum absolute atomic E-state index is 10.6. The maximum Gasteiger partial charge on any atom is 0.348 e. The zero-order chi connectivity index (χ0) is 8.48. The molecule has 1 rings (SSSR count). The van der Waals surface area contributed by atoms with Crippen LogP contribution in [-0.2, 0) is 14.3 Å². The van der Waals surface area contributed by atoms with Crippen LogP contribution < -0.4 is 5.73 Å². The zero-order valence-electron chi connectivity index (χ0n) is 5.87. The second kappa shape index (κ2) is 2.50. The summed E-state index contributed by atoms with van der Waals surface area (Å²) in [7, 11) is 0. The van der Waals surface area contributed by atoms with Gasteiger partial charge in [-0.1, -0.05) is 0 Å². The van der Waals surface area contributed by atoms with Gasteiger partial charge in [0.05, 0.1) is 6.54 Å². The van der Waals surface area contributed by atoms with Gasteiger partial charge in [0, 0.05) is 12.8 Å². The van der Waals surface area contributed by atoms with Crippen molar-refractivity contribution in [3.8, 4) is 0 Å². The number of carbonyl (C=O) groups is 2. The summed E-state index contributed by atoms with van der Waals surface area (Å²) < 4.78 is 4.60. The minimum atomic E-state index is -1.24. The van der Waals surface area contributed by atoms with Crippen LogP contribution >= 0.6 is 0 Å². The van der Waals surface area contributed by atoms with Crippen molar-refractivity contribution in [2.24, 2.45) is 5.73 Å². The van der Waals surface area contributed by atoms with Crippen LogP contribution in [0.25, 0.3) is 0 Å². The van der Waals surface area contributed by atoms with E-state index in [-0.39, 0.29) is 6.54 Å². The lowest BCUT2D eigenvalue weighted by Crippen LogP contribution is -2.31. The topological polar surface area (TPSA) is 89.6 Å². The van der Waals surface area contributed by atoms with Crippen molar-refractivity contribution in [1.29, 1.82) is 0 Å². The number of hydrogen-bond acceptors (Lipinski definition) is 4. The van der Waals surface area contributed by atoms with E-state index in [0.29, 0.717) is 12.8 Å². The smallest absolute Gasteiger partial charge is 0.348 e. The second-order valence-corrected chi connectivity index (χ2v) is 2.48. The van der Waals surface area contributed by atoms with Gasteiger partial charge in [-0.3, -0.25) is 4.79 Å². The number of esters is 1. The van der Waals surface area contributed by atoms with E-state index < -0.39 is 17.5 Å². The summed E-state index contributed by atoms with van der Waals surface area (Å²) in [4.78, 5) is 21.0. The van der Waals surface area contributed by atoms with E-state index in [2.05, 4.69) is 4.74 Å². The summed E-state index contributed by atoms with van der Waals surface area (Å²) in [5.41, 5.74) is 3.70. The number of aliphatic carboxylic acids is 1. The van der Waals surface area contributed by atoms with Crippen LogP contribution in [0.1, 0.15) is 12.8 Å². The van der Waals surface area contributed by atoms with E-state index in [1.54, 1.807) is 0 Å². The molecule has 5 nitrogen and oxygen atoms in total. The molecule has 0 amide bonds. The van der Waals surface area contributed by atoms with Crippen molar-refractivity contribution in [2.75, 3.05) is 6.54 Å². The number of nitrogens with two attached hydrogens (primary N) is 1. The summed E-state index contributed by atoms with van der Waals surface area (Å²) in [5.74, 6) is -1.75. The average molecular weight is 159 g/mol. The minimum absolute atomic E-state index is 0.269. The fraction of sp³-hybridized carbons (Fsp3) is 0.667. The van der Waals surface area contributed by atoms with E-state index in [1.807, 2.05) is 0 Å². The lowest BCUT2D eigenvalue weighted by molar-refractivity contribution is -0.166. The number of rotatable bonds is 3. The van der Waals surface area contributed by atoms with Crippen LogP contribution in [0.15, 0.2) is 0 Å². The van der Waals surface area contributed by atoms with Crippen LogP contribution in [-0.4, -0.2) is 29.2 Å². The van der Waals surface area contributed by atoms with Gasteiger partial charge in [0.15, 0.2) is 0 Å². The Kier molecular flexibility index (Phi) is 1.82. The first-order valence-electron chi connectivity index (χ1n) is 3.26. The predicted molar refractivity (Wildman–Crippen MR) is 34.7 cm³/mol. The molecule has 0 heterocycles. The van der Waals surface area contributed by atoms with Gasteiger partial charge in [-0.25, -0.2) is 4.79 Å². The van der Waals surface area contributed by atoms with Crippen molar-refractivity contribution in [3.63, 3.8) is 0 Å². The first-order valence-corrected chi connectivity index (χ1v) is 3.26. The lowest BCUT2D eigenvalue weighted by atomic mass is 10.3. The van der Waals surface area contributed by atoms with E-state index >= 15 is 0 Å². The summed E-state index contributed by atoms with van der Waals surface area (Å²) in [5, 5.41) is 8.53. The Morgan fingerprint density at radius 1 is 1.55 bits per heavy atom. The summed E-state index contributed by atoms with van der Waals surface area (Å²) in [6, 6.07) is 0. The van der Waals surface area contributed by atoms with Crippen LogP contribution in [0, 0.1) is 0 Å². The summed E-state index contributed by atoms with van der Waals surface area (Å²) in [6.07, 6.45) is 0.794. The number of carboxylic acid groups (broad SMARTS) is 1. The van der Waals surface area contributed by atoms with Crippen LogP contribution in [0.2, 0.25) is 0 Å². The first kappa shape index (κ1) is 8.00. The molecule has 1 fully saturated rings. The first-order chi connectivity index (χ1) is 5.10. The Morgan fingerprint density at radius 2 is 2.09 bits per heavy atom. The number of carbonyl (C=O) groups excluding carboxylic acids is 1. The molecule has 0 aliphatic heterocycles. The maximum atomic E-state index is 10.6. The summed E-state index contributed by atoms with van der Waals surface area (Å²) >= 11 is 0. The third kappa shape index (κ3) is 1.48. The van der Waals surface area contributed by atoms with Crippen molar-refractivity contribution < 1.29 is 19.4 Å². The molecular formula is C6H9NO4. The van der Waals surface area contributed by atoms with Gasteiger partial charge >= 0.3 is 11.9 Å². The predicted octanol–water partition coefficient (Wildman–Crippen LogP) is -0.895. The molecule has 0 aromatic carbocycles. The highest BCUT2D eigenvalue weighted by molar-refractivity contribution is 5.85. The molecule has 0 bridgehead atoms. The average Bonchev–Trinajstić information content (AvgIpc) is 2.69. The monoisotopic (exact) mass is 159 g/mol.